The van der Waals surface area contributed by atoms with Gasteiger partial charge in [0.05, 0.1) is 6.54 Å². The second kappa shape index (κ2) is 11.5. The molecule has 3 rings (SSSR count). The summed E-state index contributed by atoms with van der Waals surface area (Å²) < 4.78 is 0. The Bertz CT molecular complexity index is 863. The number of piperidine rings is 1. The first-order chi connectivity index (χ1) is 15.0. The maximum absolute atomic E-state index is 12.8. The largest absolute Gasteiger partial charge is 0.508 e. The van der Waals surface area contributed by atoms with Gasteiger partial charge in [-0.1, -0.05) is 24.6 Å². The Morgan fingerprint density at radius 1 is 1.06 bits per heavy atom. The first-order valence-electron chi connectivity index (χ1n) is 10.9. The molecule has 0 aromatic heterocycles. The highest BCUT2D eigenvalue weighted by molar-refractivity contribution is 5.97. The number of carbonyl (C=O) groups excluding carboxylic acids is 2. The summed E-state index contributed by atoms with van der Waals surface area (Å²) in [6.07, 6.45) is 3.78. The molecule has 1 heterocycles. The number of hydrogen-bond acceptors (Lipinski definition) is 5. The van der Waals surface area contributed by atoms with E-state index >= 15 is 0 Å². The van der Waals surface area contributed by atoms with Crippen LogP contribution in [-0.4, -0.2) is 66.5 Å². The third kappa shape index (κ3) is 7.38. The van der Waals surface area contributed by atoms with Crippen LogP contribution in [0.3, 0.4) is 0 Å². The minimum absolute atomic E-state index is 0.0430. The number of benzene rings is 2. The minimum atomic E-state index is -0.179. The second-order valence-electron chi connectivity index (χ2n) is 8.03. The van der Waals surface area contributed by atoms with Gasteiger partial charge in [-0.15, -0.1) is 0 Å². The summed E-state index contributed by atoms with van der Waals surface area (Å²) >= 11 is 0. The molecule has 0 saturated carbocycles. The number of amides is 2. The monoisotopic (exact) mass is 424 g/mol. The molecule has 3 N–H and O–H groups in total. The van der Waals surface area contributed by atoms with Crippen molar-refractivity contribution in [1.82, 2.24) is 15.1 Å². The van der Waals surface area contributed by atoms with Crippen LogP contribution < -0.4 is 10.6 Å². The lowest BCUT2D eigenvalue weighted by atomic mass is 10.1. The maximum atomic E-state index is 12.8. The Morgan fingerprint density at radius 3 is 2.55 bits per heavy atom. The van der Waals surface area contributed by atoms with Crippen molar-refractivity contribution in [3.63, 3.8) is 0 Å². The third-order valence-electron chi connectivity index (χ3n) is 5.49. The van der Waals surface area contributed by atoms with Gasteiger partial charge in [-0.3, -0.25) is 9.59 Å². The average molecular weight is 425 g/mol. The molecule has 1 fully saturated rings. The van der Waals surface area contributed by atoms with Gasteiger partial charge < -0.3 is 25.5 Å². The number of nitrogens with zero attached hydrogens (tertiary/aromatic N) is 2. The van der Waals surface area contributed by atoms with Crippen molar-refractivity contribution in [2.75, 3.05) is 45.1 Å². The number of anilines is 1. The molecule has 2 aromatic rings. The van der Waals surface area contributed by atoms with E-state index in [1.807, 2.05) is 7.05 Å². The summed E-state index contributed by atoms with van der Waals surface area (Å²) in [5.74, 6) is -0.00606. The Kier molecular flexibility index (Phi) is 8.44. The molecule has 31 heavy (non-hydrogen) atoms. The van der Waals surface area contributed by atoms with E-state index in [9.17, 15) is 14.7 Å². The Labute approximate surface area is 184 Å². The van der Waals surface area contributed by atoms with E-state index in [1.54, 1.807) is 53.4 Å². The lowest BCUT2D eigenvalue weighted by molar-refractivity contribution is -0.115. The quantitative estimate of drug-likeness (QED) is 0.576. The summed E-state index contributed by atoms with van der Waals surface area (Å²) in [7, 11) is 1.82. The molecule has 1 saturated heterocycles. The molecule has 0 radical (unpaired) electrons. The van der Waals surface area contributed by atoms with Gasteiger partial charge in [-0.05, 0) is 61.8 Å². The fourth-order valence-electron chi connectivity index (χ4n) is 3.67. The van der Waals surface area contributed by atoms with Gasteiger partial charge in [0.25, 0.3) is 5.91 Å². The van der Waals surface area contributed by atoms with Crippen LogP contribution in [0.15, 0.2) is 48.5 Å². The number of nitrogens with one attached hydrogen (secondary N) is 2. The van der Waals surface area contributed by atoms with Gasteiger partial charge in [-0.2, -0.15) is 0 Å². The standard InChI is InChI=1S/C24H32N4O3/c1-27(14-15-28-12-3-2-4-13-28)24(31)20-6-5-7-21(16-20)26-23(30)18-25-17-19-8-10-22(29)11-9-19/h5-11,16,25,29H,2-4,12-15,17-18H2,1H3,(H,26,30). The number of aromatic hydroxyl groups is 1. The zero-order valence-corrected chi connectivity index (χ0v) is 18.1. The molecule has 2 aromatic carbocycles. The van der Waals surface area contributed by atoms with Crippen LogP contribution in [0.1, 0.15) is 35.2 Å². The predicted molar refractivity (Wildman–Crippen MR) is 122 cm³/mol. The normalized spacial score (nSPS) is 14.2. The summed E-state index contributed by atoms with van der Waals surface area (Å²) in [6.45, 7) is 4.49. The number of carbonyl (C=O) groups is 2. The molecule has 2 amide bonds. The van der Waals surface area contributed by atoms with Crippen molar-refractivity contribution in [2.45, 2.75) is 25.8 Å². The van der Waals surface area contributed by atoms with Gasteiger partial charge >= 0.3 is 0 Å². The zero-order valence-electron chi connectivity index (χ0n) is 18.1. The van der Waals surface area contributed by atoms with Crippen LogP contribution in [0, 0.1) is 0 Å². The van der Waals surface area contributed by atoms with E-state index in [-0.39, 0.29) is 24.1 Å². The van der Waals surface area contributed by atoms with Crippen LogP contribution in [-0.2, 0) is 11.3 Å². The summed E-state index contributed by atoms with van der Waals surface area (Å²) in [5.41, 5.74) is 2.15. The second-order valence-corrected chi connectivity index (χ2v) is 8.03. The smallest absolute Gasteiger partial charge is 0.253 e. The van der Waals surface area contributed by atoms with Crippen molar-refractivity contribution >= 4 is 17.5 Å². The highest BCUT2D eigenvalue weighted by Gasteiger charge is 2.15. The van der Waals surface area contributed by atoms with Gasteiger partial charge in [0, 0.05) is 37.9 Å². The molecular weight excluding hydrogens is 392 g/mol. The Morgan fingerprint density at radius 2 is 1.81 bits per heavy atom. The van der Waals surface area contributed by atoms with E-state index in [2.05, 4.69) is 15.5 Å². The number of likely N-dealkylation sites (tertiary alicyclic amines) is 1. The first-order valence-corrected chi connectivity index (χ1v) is 10.9. The van der Waals surface area contributed by atoms with Crippen molar-refractivity contribution in [1.29, 1.82) is 0 Å². The predicted octanol–water partition coefficient (Wildman–Crippen LogP) is 2.68. The summed E-state index contributed by atoms with van der Waals surface area (Å²) in [5, 5.41) is 15.2. The van der Waals surface area contributed by atoms with E-state index in [0.29, 0.717) is 24.3 Å². The van der Waals surface area contributed by atoms with E-state index < -0.39 is 0 Å². The van der Waals surface area contributed by atoms with Crippen LogP contribution >= 0.6 is 0 Å². The van der Waals surface area contributed by atoms with E-state index in [0.717, 1.165) is 25.2 Å². The number of rotatable bonds is 9. The lowest BCUT2D eigenvalue weighted by Gasteiger charge is -2.28. The van der Waals surface area contributed by atoms with E-state index in [1.165, 1.54) is 19.3 Å². The maximum Gasteiger partial charge on any atom is 0.253 e. The minimum Gasteiger partial charge on any atom is -0.508 e. The van der Waals surface area contributed by atoms with Gasteiger partial charge in [0.1, 0.15) is 5.75 Å². The fraction of sp³-hybridized carbons (Fsp3) is 0.417. The molecule has 0 atom stereocenters. The first kappa shape index (κ1) is 22.8. The van der Waals surface area contributed by atoms with Gasteiger partial charge in [0.2, 0.25) is 5.91 Å². The highest BCUT2D eigenvalue weighted by atomic mass is 16.3. The topological polar surface area (TPSA) is 84.9 Å². The molecule has 0 unspecified atom stereocenters. The van der Waals surface area contributed by atoms with E-state index in [4.69, 9.17) is 0 Å². The van der Waals surface area contributed by atoms with Crippen LogP contribution in [0.2, 0.25) is 0 Å². The number of phenols is 1. The van der Waals surface area contributed by atoms with Crippen molar-refractivity contribution in [2.24, 2.45) is 0 Å². The molecule has 7 heteroatoms. The van der Waals surface area contributed by atoms with Crippen molar-refractivity contribution in [3.8, 4) is 5.75 Å². The molecule has 0 aliphatic carbocycles. The SMILES string of the molecule is CN(CCN1CCCCC1)C(=O)c1cccc(NC(=O)CNCc2ccc(O)cc2)c1. The molecule has 0 bridgehead atoms. The molecular formula is C24H32N4O3. The molecule has 0 spiro atoms. The van der Waals surface area contributed by atoms with Crippen molar-refractivity contribution in [3.05, 3.63) is 59.7 Å². The Balaban J connectivity index is 1.45. The summed E-state index contributed by atoms with van der Waals surface area (Å²) in [4.78, 5) is 29.2. The van der Waals surface area contributed by atoms with Crippen molar-refractivity contribution < 1.29 is 14.7 Å². The molecule has 166 valence electrons. The van der Waals surface area contributed by atoms with Gasteiger partial charge in [0.15, 0.2) is 0 Å². The zero-order chi connectivity index (χ0) is 22.1. The third-order valence-corrected chi connectivity index (χ3v) is 5.49. The van der Waals surface area contributed by atoms with Crippen LogP contribution in [0.5, 0.6) is 5.75 Å². The molecule has 1 aliphatic heterocycles. The lowest BCUT2D eigenvalue weighted by Crippen LogP contribution is -2.38. The highest BCUT2D eigenvalue weighted by Crippen LogP contribution is 2.13. The average Bonchev–Trinajstić information content (AvgIpc) is 2.79. The van der Waals surface area contributed by atoms with Gasteiger partial charge in [-0.25, -0.2) is 0 Å². The number of phenolic OH excluding ortho intramolecular Hbond substituents is 1. The molecule has 7 nitrogen and oxygen atoms in total. The molecule has 1 aliphatic rings. The van der Waals surface area contributed by atoms with Crippen LogP contribution in [0.4, 0.5) is 5.69 Å². The number of hydrogen-bond donors (Lipinski definition) is 3. The Hall–Kier alpha value is -2.90. The summed E-state index contributed by atoms with van der Waals surface area (Å²) in [6, 6.07) is 13.9. The number of likely N-dealkylation sites (N-methyl/N-ethyl adjacent to an activating group) is 1. The fourth-order valence-corrected chi connectivity index (χ4v) is 3.67. The van der Waals surface area contributed by atoms with Crippen LogP contribution in [0.25, 0.3) is 0 Å².